The van der Waals surface area contributed by atoms with Crippen molar-refractivity contribution in [3.05, 3.63) is 0 Å². The molecule has 4 nitrogen and oxygen atoms in total. The van der Waals surface area contributed by atoms with Crippen LogP contribution in [-0.2, 0) is 0 Å². The molecule has 18 heavy (non-hydrogen) atoms. The van der Waals surface area contributed by atoms with Gasteiger partial charge in [-0.25, -0.2) is 0 Å². The first kappa shape index (κ1) is 15.9. The van der Waals surface area contributed by atoms with Crippen molar-refractivity contribution < 1.29 is 0 Å². The van der Waals surface area contributed by atoms with Gasteiger partial charge in [0.2, 0.25) is 0 Å². The highest BCUT2D eigenvalue weighted by Crippen LogP contribution is 2.32. The Labute approximate surface area is 112 Å². The maximum absolute atomic E-state index is 5.55. The fraction of sp³-hybridized carbons (Fsp3) is 1.00. The molecule has 108 valence electrons. The summed E-state index contributed by atoms with van der Waals surface area (Å²) in [6.07, 6.45) is 5.41. The summed E-state index contributed by atoms with van der Waals surface area (Å²) >= 11 is 0. The van der Waals surface area contributed by atoms with Crippen LogP contribution in [0.3, 0.4) is 0 Å². The van der Waals surface area contributed by atoms with E-state index in [9.17, 15) is 0 Å². The molecule has 0 aromatic rings. The van der Waals surface area contributed by atoms with Gasteiger partial charge in [0.1, 0.15) is 0 Å². The highest BCUT2D eigenvalue weighted by Gasteiger charge is 2.28. The van der Waals surface area contributed by atoms with E-state index >= 15 is 0 Å². The summed E-state index contributed by atoms with van der Waals surface area (Å²) in [6, 6.07) is 1.19. The summed E-state index contributed by atoms with van der Waals surface area (Å²) in [6.45, 7) is 7.94. The van der Waals surface area contributed by atoms with E-state index in [0.717, 1.165) is 38.0 Å². The highest BCUT2D eigenvalue weighted by atomic mass is 14.9. The van der Waals surface area contributed by atoms with Crippen LogP contribution in [0.4, 0.5) is 0 Å². The smallest absolute Gasteiger partial charge is 0.00770 e. The van der Waals surface area contributed by atoms with Gasteiger partial charge in [0.25, 0.3) is 0 Å². The van der Waals surface area contributed by atoms with E-state index in [1.165, 1.54) is 25.7 Å². The number of rotatable bonds is 8. The Morgan fingerprint density at radius 3 is 1.78 bits per heavy atom. The van der Waals surface area contributed by atoms with Crippen LogP contribution in [0.25, 0.3) is 0 Å². The topological polar surface area (TPSA) is 76.1 Å². The zero-order valence-electron chi connectivity index (χ0n) is 12.1. The first-order chi connectivity index (χ1) is 8.69. The van der Waals surface area contributed by atoms with E-state index in [1.807, 2.05) is 0 Å². The Balaban J connectivity index is 2.35. The van der Waals surface area contributed by atoms with E-state index in [2.05, 4.69) is 24.5 Å². The third kappa shape index (κ3) is 5.22. The minimum absolute atomic E-state index is 0.595. The maximum Gasteiger partial charge on any atom is 0.00770 e. The standard InChI is InChI=1S/C14H32N4/c1-11(17-8-6-15)13-4-3-5-14(10-13)12(2)18-9-7-16/h11-14,17-18H,3-10,15-16H2,1-2H3. The van der Waals surface area contributed by atoms with Gasteiger partial charge in [-0.15, -0.1) is 0 Å². The number of nitrogens with one attached hydrogen (secondary N) is 2. The summed E-state index contributed by atoms with van der Waals surface area (Å²) in [5.41, 5.74) is 11.1. The minimum atomic E-state index is 0.595. The summed E-state index contributed by atoms with van der Waals surface area (Å²) in [5.74, 6) is 1.61. The molecule has 4 heteroatoms. The summed E-state index contributed by atoms with van der Waals surface area (Å²) in [4.78, 5) is 0. The molecule has 1 fully saturated rings. The number of nitrogens with two attached hydrogens (primary N) is 2. The van der Waals surface area contributed by atoms with Crippen LogP contribution in [0, 0.1) is 11.8 Å². The predicted octanol–water partition coefficient (Wildman–Crippen LogP) is 0.666. The van der Waals surface area contributed by atoms with Gasteiger partial charge in [-0.3, -0.25) is 0 Å². The molecule has 0 heterocycles. The van der Waals surface area contributed by atoms with Gasteiger partial charge >= 0.3 is 0 Å². The van der Waals surface area contributed by atoms with Gasteiger partial charge in [0, 0.05) is 38.3 Å². The Kier molecular flexibility index (Phi) is 7.82. The number of hydrogen-bond acceptors (Lipinski definition) is 4. The molecule has 0 saturated heterocycles. The molecule has 0 spiro atoms. The summed E-state index contributed by atoms with van der Waals surface area (Å²) in [7, 11) is 0. The van der Waals surface area contributed by atoms with Crippen LogP contribution >= 0.6 is 0 Å². The molecule has 6 N–H and O–H groups in total. The Bertz CT molecular complexity index is 190. The molecule has 1 saturated carbocycles. The predicted molar refractivity (Wildman–Crippen MR) is 78.5 cm³/mol. The third-order valence-electron chi connectivity index (χ3n) is 4.39. The van der Waals surface area contributed by atoms with E-state index in [1.54, 1.807) is 0 Å². The fourth-order valence-electron chi connectivity index (χ4n) is 3.13. The molecule has 0 radical (unpaired) electrons. The third-order valence-corrected chi connectivity index (χ3v) is 4.39. The Morgan fingerprint density at radius 1 is 0.944 bits per heavy atom. The molecule has 4 unspecified atom stereocenters. The SMILES string of the molecule is CC(NCCN)C1CCCC(C(C)NCCN)C1. The second-order valence-electron chi connectivity index (χ2n) is 5.75. The van der Waals surface area contributed by atoms with Crippen LogP contribution in [0.5, 0.6) is 0 Å². The van der Waals surface area contributed by atoms with Crippen LogP contribution in [-0.4, -0.2) is 38.3 Å². The van der Waals surface area contributed by atoms with Crippen molar-refractivity contribution in [2.75, 3.05) is 26.2 Å². The van der Waals surface area contributed by atoms with Crippen LogP contribution in [0.1, 0.15) is 39.5 Å². The maximum atomic E-state index is 5.55. The average Bonchev–Trinajstić information content (AvgIpc) is 2.42. The zero-order chi connectivity index (χ0) is 13.4. The normalized spacial score (nSPS) is 28.0. The van der Waals surface area contributed by atoms with Crippen molar-refractivity contribution in [1.29, 1.82) is 0 Å². The van der Waals surface area contributed by atoms with Gasteiger partial charge < -0.3 is 22.1 Å². The van der Waals surface area contributed by atoms with Crippen LogP contribution < -0.4 is 22.1 Å². The van der Waals surface area contributed by atoms with Crippen molar-refractivity contribution in [3.63, 3.8) is 0 Å². The van der Waals surface area contributed by atoms with Gasteiger partial charge in [-0.2, -0.15) is 0 Å². The summed E-state index contributed by atoms with van der Waals surface area (Å²) in [5, 5.41) is 7.08. The minimum Gasteiger partial charge on any atom is -0.329 e. The van der Waals surface area contributed by atoms with Crippen molar-refractivity contribution in [2.45, 2.75) is 51.6 Å². The molecule has 0 amide bonds. The molecule has 0 bridgehead atoms. The molecule has 0 aliphatic heterocycles. The van der Waals surface area contributed by atoms with Gasteiger partial charge in [-0.05, 0) is 44.9 Å². The molecule has 4 atom stereocenters. The van der Waals surface area contributed by atoms with Gasteiger partial charge in [-0.1, -0.05) is 6.42 Å². The Morgan fingerprint density at radius 2 is 1.39 bits per heavy atom. The van der Waals surface area contributed by atoms with Gasteiger partial charge in [0.05, 0.1) is 0 Å². The second-order valence-corrected chi connectivity index (χ2v) is 5.75. The lowest BCUT2D eigenvalue weighted by Crippen LogP contribution is -2.43. The Hall–Kier alpha value is -0.160. The highest BCUT2D eigenvalue weighted by molar-refractivity contribution is 4.84. The van der Waals surface area contributed by atoms with Crippen LogP contribution in [0.2, 0.25) is 0 Å². The lowest BCUT2D eigenvalue weighted by Gasteiger charge is -2.36. The van der Waals surface area contributed by atoms with E-state index in [0.29, 0.717) is 12.1 Å². The largest absolute Gasteiger partial charge is 0.329 e. The summed E-state index contributed by atoms with van der Waals surface area (Å²) < 4.78 is 0. The van der Waals surface area contributed by atoms with Crippen molar-refractivity contribution in [1.82, 2.24) is 10.6 Å². The van der Waals surface area contributed by atoms with E-state index < -0.39 is 0 Å². The van der Waals surface area contributed by atoms with Crippen molar-refractivity contribution >= 4 is 0 Å². The molecule has 1 aliphatic carbocycles. The average molecular weight is 256 g/mol. The molecular formula is C14H32N4. The fourth-order valence-corrected chi connectivity index (χ4v) is 3.13. The van der Waals surface area contributed by atoms with Gasteiger partial charge in [0.15, 0.2) is 0 Å². The molecule has 1 aliphatic rings. The van der Waals surface area contributed by atoms with Crippen molar-refractivity contribution in [3.8, 4) is 0 Å². The lowest BCUT2D eigenvalue weighted by molar-refractivity contribution is 0.190. The second kappa shape index (κ2) is 8.86. The molecule has 1 rings (SSSR count). The first-order valence-electron chi connectivity index (χ1n) is 7.56. The van der Waals surface area contributed by atoms with Crippen molar-refractivity contribution in [2.24, 2.45) is 23.3 Å². The molecule has 0 aromatic carbocycles. The lowest BCUT2D eigenvalue weighted by atomic mass is 9.75. The van der Waals surface area contributed by atoms with Crippen LogP contribution in [0.15, 0.2) is 0 Å². The number of hydrogen-bond donors (Lipinski definition) is 4. The zero-order valence-corrected chi connectivity index (χ0v) is 12.1. The first-order valence-corrected chi connectivity index (χ1v) is 7.56. The molecule has 0 aromatic heterocycles. The quantitative estimate of drug-likeness (QED) is 0.515. The van der Waals surface area contributed by atoms with E-state index in [-0.39, 0.29) is 0 Å². The molecular weight excluding hydrogens is 224 g/mol. The monoisotopic (exact) mass is 256 g/mol. The van der Waals surface area contributed by atoms with E-state index in [4.69, 9.17) is 11.5 Å².